The van der Waals surface area contributed by atoms with Crippen molar-refractivity contribution in [2.45, 2.75) is 13.3 Å². The van der Waals surface area contributed by atoms with Crippen LogP contribution in [0.4, 0.5) is 10.1 Å². The number of esters is 1. The maximum Gasteiger partial charge on any atom is 0.343 e. The summed E-state index contributed by atoms with van der Waals surface area (Å²) in [5.41, 5.74) is 0.817. The van der Waals surface area contributed by atoms with Crippen molar-refractivity contribution in [2.24, 2.45) is 0 Å². The molecule has 3 aromatic carbocycles. The molecular weight excluding hydrogens is 527 g/mol. The molecule has 10 nitrogen and oxygen atoms in total. The van der Waals surface area contributed by atoms with Gasteiger partial charge < -0.3 is 14.0 Å². The summed E-state index contributed by atoms with van der Waals surface area (Å²) in [5.74, 6) is -3.13. The lowest BCUT2D eigenvalue weighted by Crippen LogP contribution is -2.30. The molecule has 0 saturated heterocycles. The van der Waals surface area contributed by atoms with Crippen molar-refractivity contribution in [3.63, 3.8) is 0 Å². The molecule has 194 valence electrons. The second-order valence-electron chi connectivity index (χ2n) is 8.17. The molecule has 0 radical (unpaired) electrons. The predicted molar refractivity (Wildman–Crippen MR) is 133 cm³/mol. The molecule has 0 unspecified atom stereocenters. The van der Waals surface area contributed by atoms with Crippen molar-refractivity contribution in [1.29, 1.82) is 0 Å². The number of anilines is 1. The van der Waals surface area contributed by atoms with E-state index in [9.17, 15) is 26.7 Å². The van der Waals surface area contributed by atoms with Crippen molar-refractivity contribution in [2.75, 3.05) is 10.6 Å². The van der Waals surface area contributed by atoms with Gasteiger partial charge in [-0.2, -0.15) is 16.8 Å². The van der Waals surface area contributed by atoms with Gasteiger partial charge in [-0.1, -0.05) is 30.3 Å². The van der Waals surface area contributed by atoms with Crippen LogP contribution < -0.4 is 17.9 Å². The Morgan fingerprint density at radius 3 is 2.41 bits per heavy atom. The molecule has 0 bridgehead atoms. The first-order valence-corrected chi connectivity index (χ1v) is 13.9. The highest BCUT2D eigenvalue weighted by atomic mass is 32.2. The number of carbonyl (C=O) groups is 1. The van der Waals surface area contributed by atoms with Crippen molar-refractivity contribution < 1.29 is 40.0 Å². The molecule has 0 aromatic heterocycles. The summed E-state index contributed by atoms with van der Waals surface area (Å²) < 4.78 is 76.5. The highest BCUT2D eigenvalue weighted by molar-refractivity contribution is 7.91. The van der Waals surface area contributed by atoms with Gasteiger partial charge in [0, 0.05) is 12.0 Å². The number of halogens is 1. The molecule has 0 spiro atoms. The van der Waals surface area contributed by atoms with Crippen LogP contribution in [0.1, 0.15) is 27.0 Å². The van der Waals surface area contributed by atoms with Gasteiger partial charge in [0.25, 0.3) is 0 Å². The first-order valence-electron chi connectivity index (χ1n) is 10.6. The van der Waals surface area contributed by atoms with E-state index >= 15 is 4.39 Å². The van der Waals surface area contributed by atoms with Gasteiger partial charge in [0.2, 0.25) is 5.88 Å². The molecule has 2 N–H and O–H groups in total. The molecule has 3 aromatic rings. The Bertz CT molecular complexity index is 1620. The average molecular weight is 549 g/mol. The molecule has 4 rings (SSSR count). The first kappa shape index (κ1) is 26.0. The second kappa shape index (κ2) is 9.75. The molecule has 13 heteroatoms. The number of aliphatic hydroxyl groups excluding tert-OH is 1. The van der Waals surface area contributed by atoms with E-state index in [1.165, 1.54) is 24.3 Å². The van der Waals surface area contributed by atoms with Crippen molar-refractivity contribution in [3.8, 4) is 11.5 Å². The van der Waals surface area contributed by atoms with E-state index in [1.807, 2.05) is 0 Å². The number of hydrogen-bond acceptors (Lipinski definition) is 8. The van der Waals surface area contributed by atoms with Gasteiger partial charge >= 0.3 is 26.3 Å². The number of ether oxygens (including phenoxy) is 1. The smallest absolute Gasteiger partial charge is 0.343 e. The van der Waals surface area contributed by atoms with Crippen molar-refractivity contribution in [1.82, 2.24) is 4.72 Å². The molecule has 1 heterocycles. The number of aliphatic hydroxyl groups is 1. The van der Waals surface area contributed by atoms with E-state index in [0.717, 1.165) is 24.1 Å². The van der Waals surface area contributed by atoms with Gasteiger partial charge in [0.1, 0.15) is 11.4 Å². The lowest BCUT2D eigenvalue weighted by Gasteiger charge is -2.20. The molecule has 1 aliphatic rings. The summed E-state index contributed by atoms with van der Waals surface area (Å²) in [6, 6.07) is 14.9. The lowest BCUT2D eigenvalue weighted by atomic mass is 10.0. The van der Waals surface area contributed by atoms with E-state index in [2.05, 4.69) is 0 Å². The number of hydrogen-bond donors (Lipinski definition) is 2. The Hall–Kier alpha value is -4.10. The minimum Gasteiger partial charge on any atom is -0.493 e. The number of nitrogens with one attached hydrogen (secondary N) is 1. The summed E-state index contributed by atoms with van der Waals surface area (Å²) in [4.78, 5) is 12.8. The quantitative estimate of drug-likeness (QED) is 0.261. The van der Waals surface area contributed by atoms with Gasteiger partial charge in [0.15, 0.2) is 11.6 Å². The zero-order valence-corrected chi connectivity index (χ0v) is 21.1. The van der Waals surface area contributed by atoms with Crippen LogP contribution in [-0.2, 0) is 26.7 Å². The van der Waals surface area contributed by atoms with Gasteiger partial charge in [-0.15, -0.1) is 0 Å². The van der Waals surface area contributed by atoms with Crippen LogP contribution in [0, 0.1) is 12.7 Å². The maximum absolute atomic E-state index is 15.5. The number of carbonyl (C=O) groups excluding carboxylic acids is 1. The third kappa shape index (κ3) is 6.01. The molecule has 0 saturated carbocycles. The minimum atomic E-state index is -4.42. The first-order chi connectivity index (χ1) is 17.3. The Morgan fingerprint density at radius 1 is 1.08 bits per heavy atom. The molecular formula is C24H21FN2O8S2. The highest BCUT2D eigenvalue weighted by Crippen LogP contribution is 2.38. The fourth-order valence-electron chi connectivity index (χ4n) is 3.60. The summed E-state index contributed by atoms with van der Waals surface area (Å²) >= 11 is 0. The van der Waals surface area contributed by atoms with Gasteiger partial charge in [-0.05, 0) is 48.4 Å². The predicted octanol–water partition coefficient (Wildman–Crippen LogP) is 3.29. The number of aryl methyl sites for hydroxylation is 1. The van der Waals surface area contributed by atoms with Crippen molar-refractivity contribution in [3.05, 3.63) is 101 Å². The Labute approximate surface area is 212 Å². The van der Waals surface area contributed by atoms with E-state index in [-0.39, 0.29) is 23.3 Å². The second-order valence-corrected chi connectivity index (χ2v) is 11.3. The van der Waals surface area contributed by atoms with E-state index in [1.54, 1.807) is 42.0 Å². The maximum atomic E-state index is 15.5. The minimum absolute atomic E-state index is 0.0361. The molecule has 0 aliphatic carbocycles. The zero-order chi connectivity index (χ0) is 27.0. The molecule has 0 fully saturated rings. The van der Waals surface area contributed by atoms with E-state index < -0.39 is 49.4 Å². The van der Waals surface area contributed by atoms with Crippen LogP contribution in [0.15, 0.2) is 72.7 Å². The summed E-state index contributed by atoms with van der Waals surface area (Å²) in [6.07, 6.45) is 1.57. The largest absolute Gasteiger partial charge is 0.493 e. The normalized spacial score (nSPS) is 14.6. The fourth-order valence-corrected chi connectivity index (χ4v) is 5.15. The molecule has 0 atom stereocenters. The summed E-state index contributed by atoms with van der Waals surface area (Å²) in [5, 5.41) is 9.67. The SMILES string of the molecule is Cc1ccc(Cc2cc(F)c(N3C=C(O)NS3(=O)=O)c(OC(=O)c3ccccc3)c2)c(OS(C)(=O)=O)c1. The lowest BCUT2D eigenvalue weighted by molar-refractivity contribution is 0.0735. The van der Waals surface area contributed by atoms with Crippen LogP contribution in [0.25, 0.3) is 0 Å². The van der Waals surface area contributed by atoms with E-state index in [4.69, 9.17) is 8.92 Å². The van der Waals surface area contributed by atoms with E-state index in [0.29, 0.717) is 9.87 Å². The number of benzene rings is 3. The average Bonchev–Trinajstić information content (AvgIpc) is 3.06. The monoisotopic (exact) mass is 548 g/mol. The molecule has 37 heavy (non-hydrogen) atoms. The standard InChI is InChI=1S/C24H21FN2O8S2/c1-15-8-9-18(20(10-15)35-36(2,30)31)11-16-12-19(25)23(27-14-22(28)26-37(27,32)33)21(13-16)34-24(29)17-6-4-3-5-7-17/h3-10,12-14,26,28H,11H2,1-2H3. The Morgan fingerprint density at radius 2 is 1.78 bits per heavy atom. The van der Waals surface area contributed by atoms with Crippen LogP contribution in [-0.4, -0.2) is 34.2 Å². The van der Waals surface area contributed by atoms with Gasteiger partial charge in [-0.3, -0.25) is 0 Å². The van der Waals surface area contributed by atoms with Crippen LogP contribution in [0.3, 0.4) is 0 Å². The molecule has 1 aliphatic heterocycles. The third-order valence-corrected chi connectivity index (χ3v) is 6.87. The Kier molecular flexibility index (Phi) is 6.84. The van der Waals surface area contributed by atoms with Crippen LogP contribution >= 0.6 is 0 Å². The van der Waals surface area contributed by atoms with Crippen LogP contribution in [0.2, 0.25) is 0 Å². The van der Waals surface area contributed by atoms with Gasteiger partial charge in [0.05, 0.1) is 18.0 Å². The summed E-state index contributed by atoms with van der Waals surface area (Å²) in [6.45, 7) is 1.74. The molecule has 0 amide bonds. The fraction of sp³-hybridized carbons (Fsp3) is 0.125. The number of rotatable bonds is 7. The Balaban J connectivity index is 1.80. The topological polar surface area (TPSA) is 139 Å². The van der Waals surface area contributed by atoms with Crippen molar-refractivity contribution >= 4 is 32.0 Å². The van der Waals surface area contributed by atoms with Gasteiger partial charge in [-0.25, -0.2) is 18.2 Å². The zero-order valence-electron chi connectivity index (χ0n) is 19.5. The van der Waals surface area contributed by atoms with Crippen LogP contribution in [0.5, 0.6) is 11.5 Å². The highest BCUT2D eigenvalue weighted by Gasteiger charge is 2.34. The third-order valence-electron chi connectivity index (χ3n) is 5.11. The summed E-state index contributed by atoms with van der Waals surface area (Å²) in [7, 11) is -8.28. The number of nitrogens with zero attached hydrogens (tertiary/aromatic N) is 1.